The molecule has 0 saturated carbocycles. The standard InChI is InChI=1S/C17H24N4O/c1-4-12-7-18-14-13(12)15(20-11-19-14)21-6-5-17(9-21)8-16(2,3)22-10-17/h7,11H,4-6,8-10H2,1-3H3,(H,18,19,20). The maximum atomic E-state index is 6.01. The van der Waals surface area contributed by atoms with E-state index < -0.39 is 0 Å². The van der Waals surface area contributed by atoms with Crippen LogP contribution in [0, 0.1) is 5.41 Å². The topological polar surface area (TPSA) is 54.0 Å². The summed E-state index contributed by atoms with van der Waals surface area (Å²) in [6, 6.07) is 0. The Morgan fingerprint density at radius 1 is 1.36 bits per heavy atom. The number of anilines is 1. The maximum absolute atomic E-state index is 6.01. The van der Waals surface area contributed by atoms with E-state index in [0.717, 1.165) is 44.0 Å². The van der Waals surface area contributed by atoms with Crippen molar-refractivity contribution < 1.29 is 4.74 Å². The molecule has 5 nitrogen and oxygen atoms in total. The lowest BCUT2D eigenvalue weighted by atomic mass is 9.81. The monoisotopic (exact) mass is 300 g/mol. The number of fused-ring (bicyclic) bond motifs is 1. The molecule has 0 amide bonds. The van der Waals surface area contributed by atoms with Crippen molar-refractivity contribution in [3.05, 3.63) is 18.1 Å². The molecule has 2 fully saturated rings. The molecule has 4 rings (SSSR count). The Balaban J connectivity index is 1.68. The molecule has 2 saturated heterocycles. The molecule has 2 aliphatic heterocycles. The predicted molar refractivity (Wildman–Crippen MR) is 87.2 cm³/mol. The molecule has 0 bridgehead atoms. The SMILES string of the molecule is CCc1c[nH]c2ncnc(N3CCC4(COC(C)(C)C4)C3)c12. The molecule has 2 aromatic heterocycles. The Bertz CT molecular complexity index is 708. The lowest BCUT2D eigenvalue weighted by Gasteiger charge is -2.24. The van der Waals surface area contributed by atoms with Crippen LogP contribution in [-0.4, -0.2) is 40.2 Å². The van der Waals surface area contributed by atoms with Crippen LogP contribution in [-0.2, 0) is 11.2 Å². The van der Waals surface area contributed by atoms with E-state index in [-0.39, 0.29) is 5.60 Å². The van der Waals surface area contributed by atoms with Gasteiger partial charge >= 0.3 is 0 Å². The van der Waals surface area contributed by atoms with Crippen molar-refractivity contribution in [1.82, 2.24) is 15.0 Å². The van der Waals surface area contributed by atoms with Gasteiger partial charge in [-0.2, -0.15) is 0 Å². The van der Waals surface area contributed by atoms with Gasteiger partial charge in [-0.15, -0.1) is 0 Å². The quantitative estimate of drug-likeness (QED) is 0.926. The molecule has 2 aromatic rings. The van der Waals surface area contributed by atoms with Gasteiger partial charge in [0.25, 0.3) is 0 Å². The molecule has 0 radical (unpaired) electrons. The Labute approximate surface area is 131 Å². The minimum atomic E-state index is 0.0136. The molecule has 4 heterocycles. The average Bonchev–Trinajstić information content (AvgIpc) is 3.16. The zero-order valence-corrected chi connectivity index (χ0v) is 13.6. The van der Waals surface area contributed by atoms with Crippen molar-refractivity contribution in [1.29, 1.82) is 0 Å². The summed E-state index contributed by atoms with van der Waals surface area (Å²) < 4.78 is 6.01. The van der Waals surface area contributed by atoms with Gasteiger partial charge in [0.15, 0.2) is 0 Å². The van der Waals surface area contributed by atoms with Crippen LogP contribution in [0.15, 0.2) is 12.5 Å². The Kier molecular flexibility index (Phi) is 2.98. The highest BCUT2D eigenvalue weighted by Crippen LogP contribution is 2.46. The number of aryl methyl sites for hydroxylation is 1. The van der Waals surface area contributed by atoms with Crippen LogP contribution in [0.3, 0.4) is 0 Å². The van der Waals surface area contributed by atoms with Crippen molar-refractivity contribution in [2.45, 2.75) is 45.6 Å². The Morgan fingerprint density at radius 2 is 2.23 bits per heavy atom. The first-order valence-corrected chi connectivity index (χ1v) is 8.22. The van der Waals surface area contributed by atoms with Crippen LogP contribution in [0.1, 0.15) is 39.2 Å². The van der Waals surface area contributed by atoms with Gasteiger partial charge in [-0.05, 0) is 38.7 Å². The molecule has 1 N–H and O–H groups in total. The number of hydrogen-bond acceptors (Lipinski definition) is 4. The number of nitrogens with one attached hydrogen (secondary N) is 1. The fraction of sp³-hybridized carbons (Fsp3) is 0.647. The van der Waals surface area contributed by atoms with Gasteiger partial charge in [-0.25, -0.2) is 9.97 Å². The van der Waals surface area contributed by atoms with E-state index in [4.69, 9.17) is 4.74 Å². The summed E-state index contributed by atoms with van der Waals surface area (Å²) in [5, 5.41) is 1.19. The van der Waals surface area contributed by atoms with E-state index in [0.29, 0.717) is 5.41 Å². The summed E-state index contributed by atoms with van der Waals surface area (Å²) in [6.07, 6.45) is 7.06. The van der Waals surface area contributed by atoms with Crippen LogP contribution >= 0.6 is 0 Å². The molecule has 22 heavy (non-hydrogen) atoms. The van der Waals surface area contributed by atoms with Crippen molar-refractivity contribution in [2.24, 2.45) is 5.41 Å². The Morgan fingerprint density at radius 3 is 2.95 bits per heavy atom. The first-order valence-electron chi connectivity index (χ1n) is 8.22. The first kappa shape index (κ1) is 14.0. The molecule has 5 heteroatoms. The minimum absolute atomic E-state index is 0.0136. The number of ether oxygens (including phenoxy) is 1. The van der Waals surface area contributed by atoms with Gasteiger partial charge in [0.1, 0.15) is 17.8 Å². The maximum Gasteiger partial charge on any atom is 0.143 e. The van der Waals surface area contributed by atoms with Crippen LogP contribution in [0.5, 0.6) is 0 Å². The summed E-state index contributed by atoms with van der Waals surface area (Å²) in [7, 11) is 0. The lowest BCUT2D eigenvalue weighted by Crippen LogP contribution is -2.29. The smallest absolute Gasteiger partial charge is 0.143 e. The van der Waals surface area contributed by atoms with E-state index >= 15 is 0 Å². The highest BCUT2D eigenvalue weighted by atomic mass is 16.5. The second-order valence-corrected chi connectivity index (χ2v) is 7.49. The average molecular weight is 300 g/mol. The summed E-state index contributed by atoms with van der Waals surface area (Å²) in [5.74, 6) is 1.09. The number of aromatic amines is 1. The second-order valence-electron chi connectivity index (χ2n) is 7.49. The molecule has 2 aliphatic rings. The van der Waals surface area contributed by atoms with Crippen molar-refractivity contribution >= 4 is 16.9 Å². The third-order valence-electron chi connectivity index (χ3n) is 5.22. The predicted octanol–water partition coefficient (Wildman–Crippen LogP) is 2.92. The van der Waals surface area contributed by atoms with E-state index in [1.54, 1.807) is 6.33 Å². The van der Waals surface area contributed by atoms with Crippen LogP contribution in [0.4, 0.5) is 5.82 Å². The molecular weight excluding hydrogens is 276 g/mol. The Hall–Kier alpha value is -1.62. The van der Waals surface area contributed by atoms with E-state index in [1.165, 1.54) is 17.4 Å². The van der Waals surface area contributed by atoms with Crippen LogP contribution < -0.4 is 4.90 Å². The van der Waals surface area contributed by atoms with Crippen molar-refractivity contribution in [3.8, 4) is 0 Å². The van der Waals surface area contributed by atoms with E-state index in [9.17, 15) is 0 Å². The molecule has 0 aromatic carbocycles. The molecule has 1 unspecified atom stereocenters. The number of nitrogens with zero attached hydrogens (tertiary/aromatic N) is 3. The van der Waals surface area contributed by atoms with Crippen LogP contribution in [0.2, 0.25) is 0 Å². The molecule has 118 valence electrons. The largest absolute Gasteiger partial charge is 0.375 e. The number of H-pyrrole nitrogens is 1. The summed E-state index contributed by atoms with van der Waals surface area (Å²) >= 11 is 0. The zero-order chi connectivity index (χ0) is 15.4. The fourth-order valence-electron chi connectivity index (χ4n) is 4.26. The molecular formula is C17H24N4O. The molecule has 1 atom stereocenters. The van der Waals surface area contributed by atoms with Gasteiger partial charge in [0.05, 0.1) is 17.6 Å². The summed E-state index contributed by atoms with van der Waals surface area (Å²) in [6.45, 7) is 9.55. The van der Waals surface area contributed by atoms with Gasteiger partial charge < -0.3 is 14.6 Å². The van der Waals surface area contributed by atoms with Gasteiger partial charge in [-0.1, -0.05) is 6.92 Å². The van der Waals surface area contributed by atoms with Crippen molar-refractivity contribution in [3.63, 3.8) is 0 Å². The first-order chi connectivity index (χ1) is 10.5. The van der Waals surface area contributed by atoms with Crippen LogP contribution in [0.25, 0.3) is 11.0 Å². The third-order valence-corrected chi connectivity index (χ3v) is 5.22. The highest BCUT2D eigenvalue weighted by molar-refractivity contribution is 5.91. The van der Waals surface area contributed by atoms with E-state index in [2.05, 4.69) is 46.8 Å². The highest BCUT2D eigenvalue weighted by Gasteiger charge is 2.48. The zero-order valence-electron chi connectivity index (χ0n) is 13.6. The second kappa shape index (κ2) is 4.69. The van der Waals surface area contributed by atoms with Gasteiger partial charge in [0.2, 0.25) is 0 Å². The molecule has 1 spiro atoms. The lowest BCUT2D eigenvalue weighted by molar-refractivity contribution is 0.0320. The fourth-order valence-corrected chi connectivity index (χ4v) is 4.26. The number of hydrogen-bond donors (Lipinski definition) is 1. The third kappa shape index (κ3) is 2.10. The normalized spacial score (nSPS) is 27.3. The van der Waals surface area contributed by atoms with Gasteiger partial charge in [0, 0.05) is 24.7 Å². The summed E-state index contributed by atoms with van der Waals surface area (Å²) in [5.41, 5.74) is 2.56. The van der Waals surface area contributed by atoms with Crippen molar-refractivity contribution in [2.75, 3.05) is 24.6 Å². The number of rotatable bonds is 2. The summed E-state index contributed by atoms with van der Waals surface area (Å²) in [4.78, 5) is 14.7. The molecule has 0 aliphatic carbocycles. The minimum Gasteiger partial charge on any atom is -0.375 e. The number of aromatic nitrogens is 3. The van der Waals surface area contributed by atoms with E-state index in [1.807, 2.05) is 0 Å². The van der Waals surface area contributed by atoms with Gasteiger partial charge in [-0.3, -0.25) is 0 Å².